The minimum absolute atomic E-state index is 0.0991. The second-order valence-electron chi connectivity index (χ2n) is 2.89. The summed E-state index contributed by atoms with van der Waals surface area (Å²) >= 11 is 3.22. The number of carbonyl (C=O) groups is 2. The molecule has 80 valence electrons. The van der Waals surface area contributed by atoms with E-state index in [0.717, 1.165) is 4.47 Å². The molecule has 0 aliphatic rings. The number of hydrogen-bond donors (Lipinski definition) is 0. The number of esters is 1. The standard InChI is InChI=1S/C10H10BrNO3/c1-15-10(14)3-2-9(13)7-4-8(11)6-12-5-7/h4-6H,2-3H2,1H3. The van der Waals surface area contributed by atoms with Crippen molar-refractivity contribution in [2.24, 2.45) is 0 Å². The fourth-order valence-corrected chi connectivity index (χ4v) is 1.39. The van der Waals surface area contributed by atoms with Crippen molar-refractivity contribution in [3.63, 3.8) is 0 Å². The van der Waals surface area contributed by atoms with Gasteiger partial charge in [-0.2, -0.15) is 0 Å². The van der Waals surface area contributed by atoms with Crippen molar-refractivity contribution in [3.8, 4) is 0 Å². The number of nitrogens with zero attached hydrogens (tertiary/aromatic N) is 1. The first-order chi connectivity index (χ1) is 7.13. The Hall–Kier alpha value is -1.23. The van der Waals surface area contributed by atoms with Crippen LogP contribution in [0.4, 0.5) is 0 Å². The molecule has 0 aliphatic carbocycles. The molecule has 0 unspecified atom stereocenters. The van der Waals surface area contributed by atoms with E-state index in [1.165, 1.54) is 13.3 Å². The Bertz CT molecular complexity index is 379. The fraction of sp³-hybridized carbons (Fsp3) is 0.300. The Morgan fingerprint density at radius 3 is 2.73 bits per heavy atom. The molecule has 0 N–H and O–H groups in total. The van der Waals surface area contributed by atoms with Gasteiger partial charge in [-0.1, -0.05) is 0 Å². The normalized spacial score (nSPS) is 9.73. The van der Waals surface area contributed by atoms with E-state index in [2.05, 4.69) is 25.7 Å². The van der Waals surface area contributed by atoms with Gasteiger partial charge in [-0.15, -0.1) is 0 Å². The number of methoxy groups -OCH3 is 1. The lowest BCUT2D eigenvalue weighted by Gasteiger charge is -2.00. The van der Waals surface area contributed by atoms with E-state index in [0.29, 0.717) is 5.56 Å². The molecular formula is C10H10BrNO3. The molecule has 15 heavy (non-hydrogen) atoms. The number of aromatic nitrogens is 1. The first kappa shape index (κ1) is 11.8. The summed E-state index contributed by atoms with van der Waals surface area (Å²) in [5.41, 5.74) is 0.494. The lowest BCUT2D eigenvalue weighted by atomic mass is 10.1. The maximum absolute atomic E-state index is 11.5. The predicted octanol–water partition coefficient (Wildman–Crippen LogP) is 1.98. The van der Waals surface area contributed by atoms with Crippen LogP contribution in [0.15, 0.2) is 22.9 Å². The lowest BCUT2D eigenvalue weighted by molar-refractivity contribution is -0.140. The van der Waals surface area contributed by atoms with Gasteiger partial charge in [-0.3, -0.25) is 14.6 Å². The van der Waals surface area contributed by atoms with Gasteiger partial charge in [0.05, 0.1) is 13.5 Å². The van der Waals surface area contributed by atoms with E-state index >= 15 is 0 Å². The molecule has 0 fully saturated rings. The number of Topliss-reactive ketones (excluding diaryl/α,β-unsaturated/α-hetero) is 1. The van der Waals surface area contributed by atoms with E-state index in [-0.39, 0.29) is 24.6 Å². The van der Waals surface area contributed by atoms with Crippen molar-refractivity contribution >= 4 is 27.7 Å². The molecule has 5 heteroatoms. The number of rotatable bonds is 4. The average molecular weight is 272 g/mol. The van der Waals surface area contributed by atoms with E-state index in [9.17, 15) is 9.59 Å². The zero-order valence-electron chi connectivity index (χ0n) is 8.20. The maximum atomic E-state index is 11.5. The van der Waals surface area contributed by atoms with Crippen LogP contribution in [0.5, 0.6) is 0 Å². The van der Waals surface area contributed by atoms with Crippen LogP contribution in [-0.4, -0.2) is 23.8 Å². The second kappa shape index (κ2) is 5.60. The first-order valence-corrected chi connectivity index (χ1v) is 5.13. The highest BCUT2D eigenvalue weighted by Gasteiger charge is 2.09. The summed E-state index contributed by atoms with van der Waals surface area (Å²) in [6.07, 6.45) is 3.31. The van der Waals surface area contributed by atoms with Gasteiger partial charge < -0.3 is 4.74 Å². The number of halogens is 1. The Morgan fingerprint density at radius 1 is 1.40 bits per heavy atom. The zero-order valence-corrected chi connectivity index (χ0v) is 9.78. The summed E-state index contributed by atoms with van der Waals surface area (Å²) in [6, 6.07) is 1.67. The van der Waals surface area contributed by atoms with Crippen molar-refractivity contribution in [1.82, 2.24) is 4.98 Å². The Kier molecular flexibility index (Phi) is 4.42. The molecule has 4 nitrogen and oxygen atoms in total. The van der Waals surface area contributed by atoms with Gasteiger partial charge in [0.2, 0.25) is 0 Å². The highest BCUT2D eigenvalue weighted by atomic mass is 79.9. The number of carbonyl (C=O) groups excluding carboxylic acids is 2. The smallest absolute Gasteiger partial charge is 0.305 e. The second-order valence-corrected chi connectivity index (χ2v) is 3.81. The molecule has 0 bridgehead atoms. The van der Waals surface area contributed by atoms with Crippen molar-refractivity contribution in [2.45, 2.75) is 12.8 Å². The number of hydrogen-bond acceptors (Lipinski definition) is 4. The summed E-state index contributed by atoms with van der Waals surface area (Å²) < 4.78 is 5.19. The summed E-state index contributed by atoms with van der Waals surface area (Å²) in [7, 11) is 1.30. The molecule has 1 aromatic rings. The van der Waals surface area contributed by atoms with Gasteiger partial charge in [-0.25, -0.2) is 0 Å². The van der Waals surface area contributed by atoms with Gasteiger partial charge in [0.15, 0.2) is 5.78 Å². The molecular weight excluding hydrogens is 262 g/mol. The zero-order chi connectivity index (χ0) is 11.3. The summed E-state index contributed by atoms with van der Waals surface area (Å²) in [5.74, 6) is -0.500. The maximum Gasteiger partial charge on any atom is 0.305 e. The van der Waals surface area contributed by atoms with Gasteiger partial charge >= 0.3 is 5.97 Å². The van der Waals surface area contributed by atoms with E-state index in [1.807, 2.05) is 0 Å². The molecule has 0 saturated heterocycles. The third-order valence-electron chi connectivity index (χ3n) is 1.81. The fourth-order valence-electron chi connectivity index (χ4n) is 1.03. The Balaban J connectivity index is 2.58. The molecule has 0 aliphatic heterocycles. The molecule has 1 aromatic heterocycles. The summed E-state index contributed by atoms with van der Waals surface area (Å²) in [4.78, 5) is 26.2. The minimum atomic E-state index is -0.383. The van der Waals surface area contributed by atoms with Gasteiger partial charge in [-0.05, 0) is 22.0 Å². The molecule has 0 saturated carbocycles. The quantitative estimate of drug-likeness (QED) is 0.621. The van der Waals surface area contributed by atoms with Gasteiger partial charge in [0.25, 0.3) is 0 Å². The van der Waals surface area contributed by atoms with Gasteiger partial charge in [0, 0.05) is 28.9 Å². The van der Waals surface area contributed by atoms with E-state index < -0.39 is 0 Å². The number of ketones is 1. The largest absolute Gasteiger partial charge is 0.469 e. The minimum Gasteiger partial charge on any atom is -0.469 e. The van der Waals surface area contributed by atoms with E-state index in [4.69, 9.17) is 0 Å². The molecule has 1 heterocycles. The molecule has 0 aromatic carbocycles. The average Bonchev–Trinajstić information content (AvgIpc) is 2.25. The van der Waals surface area contributed by atoms with Crippen LogP contribution in [-0.2, 0) is 9.53 Å². The number of ether oxygens (including phenoxy) is 1. The van der Waals surface area contributed by atoms with Crippen molar-refractivity contribution in [1.29, 1.82) is 0 Å². The Morgan fingerprint density at radius 2 is 2.13 bits per heavy atom. The summed E-state index contributed by atoms with van der Waals surface area (Å²) in [6.45, 7) is 0. The van der Waals surface area contributed by atoms with Crippen LogP contribution in [0.3, 0.4) is 0 Å². The molecule has 0 amide bonds. The molecule has 0 spiro atoms. The SMILES string of the molecule is COC(=O)CCC(=O)c1cncc(Br)c1. The van der Waals surface area contributed by atoms with E-state index in [1.54, 1.807) is 12.3 Å². The van der Waals surface area contributed by atoms with Crippen LogP contribution < -0.4 is 0 Å². The highest BCUT2D eigenvalue weighted by molar-refractivity contribution is 9.10. The molecule has 1 rings (SSSR count). The van der Waals surface area contributed by atoms with Crippen molar-refractivity contribution in [3.05, 3.63) is 28.5 Å². The third-order valence-corrected chi connectivity index (χ3v) is 2.24. The van der Waals surface area contributed by atoms with Crippen LogP contribution in [0.1, 0.15) is 23.2 Å². The predicted molar refractivity (Wildman–Crippen MR) is 57.5 cm³/mol. The van der Waals surface area contributed by atoms with Crippen molar-refractivity contribution < 1.29 is 14.3 Å². The van der Waals surface area contributed by atoms with Crippen LogP contribution in [0.25, 0.3) is 0 Å². The monoisotopic (exact) mass is 271 g/mol. The van der Waals surface area contributed by atoms with Crippen LogP contribution >= 0.6 is 15.9 Å². The van der Waals surface area contributed by atoms with Crippen molar-refractivity contribution in [2.75, 3.05) is 7.11 Å². The number of pyridine rings is 1. The molecule has 0 atom stereocenters. The first-order valence-electron chi connectivity index (χ1n) is 4.34. The summed E-state index contributed by atoms with van der Waals surface area (Å²) in [5, 5.41) is 0. The topological polar surface area (TPSA) is 56.3 Å². The van der Waals surface area contributed by atoms with Gasteiger partial charge in [0.1, 0.15) is 0 Å². The third kappa shape index (κ3) is 3.79. The highest BCUT2D eigenvalue weighted by Crippen LogP contribution is 2.12. The van der Waals surface area contributed by atoms with Crippen LogP contribution in [0.2, 0.25) is 0 Å². The van der Waals surface area contributed by atoms with Crippen LogP contribution in [0, 0.1) is 0 Å². The molecule has 0 radical (unpaired) electrons. The Labute approximate surface area is 95.8 Å². The lowest BCUT2D eigenvalue weighted by Crippen LogP contribution is -2.06.